The van der Waals surface area contributed by atoms with E-state index in [9.17, 15) is 4.79 Å². The zero-order valence-corrected chi connectivity index (χ0v) is 9.86. The number of carbonyl (C=O) groups is 1. The smallest absolute Gasteiger partial charge is 0.466 e. The van der Waals surface area contributed by atoms with Crippen LogP contribution in [0, 0.1) is 0 Å². The molecule has 0 spiro atoms. The van der Waals surface area contributed by atoms with Crippen LogP contribution in [0.5, 0.6) is 0 Å². The molecule has 0 bridgehead atoms. The van der Waals surface area contributed by atoms with Gasteiger partial charge in [-0.25, -0.2) is 14.3 Å². The fourth-order valence-corrected chi connectivity index (χ4v) is 1.19. The number of rotatable bonds is 1. The summed E-state index contributed by atoms with van der Waals surface area (Å²) in [5.74, 6) is -0.995. The van der Waals surface area contributed by atoms with Crippen molar-refractivity contribution in [3.8, 4) is 0 Å². The SMILES string of the molecule is O=C(O)c1ccc2ccccc2n1.O=P(O)(O)O. The maximum absolute atomic E-state index is 10.6. The van der Waals surface area contributed by atoms with E-state index in [0.717, 1.165) is 5.39 Å². The van der Waals surface area contributed by atoms with Gasteiger partial charge in [-0.2, -0.15) is 0 Å². The molecule has 0 atom stereocenters. The molecule has 2 aromatic rings. The first kappa shape index (κ1) is 14.3. The summed E-state index contributed by atoms with van der Waals surface area (Å²) in [7, 11) is -4.64. The van der Waals surface area contributed by atoms with Gasteiger partial charge in [0.1, 0.15) is 5.69 Å². The topological polar surface area (TPSA) is 128 Å². The summed E-state index contributed by atoms with van der Waals surface area (Å²) in [6, 6.07) is 10.7. The van der Waals surface area contributed by atoms with Crippen molar-refractivity contribution in [3.63, 3.8) is 0 Å². The predicted molar refractivity (Wildman–Crippen MR) is 63.0 cm³/mol. The molecule has 1 aromatic heterocycles. The van der Waals surface area contributed by atoms with Crippen molar-refractivity contribution in [1.29, 1.82) is 0 Å². The van der Waals surface area contributed by atoms with Crippen LogP contribution in [0.25, 0.3) is 10.9 Å². The molecule has 0 fully saturated rings. The van der Waals surface area contributed by atoms with E-state index < -0.39 is 13.8 Å². The van der Waals surface area contributed by atoms with Gasteiger partial charge in [-0.05, 0) is 12.1 Å². The number of hydrogen-bond donors (Lipinski definition) is 4. The summed E-state index contributed by atoms with van der Waals surface area (Å²) >= 11 is 0. The third-order valence-electron chi connectivity index (χ3n) is 1.82. The number of phosphoric acid groups is 1. The lowest BCUT2D eigenvalue weighted by atomic mass is 10.2. The van der Waals surface area contributed by atoms with Crippen molar-refractivity contribution in [3.05, 3.63) is 42.1 Å². The first-order valence-electron chi connectivity index (χ1n) is 4.65. The summed E-state index contributed by atoms with van der Waals surface area (Å²) in [4.78, 5) is 36.1. The van der Waals surface area contributed by atoms with Crippen LogP contribution in [0.4, 0.5) is 0 Å². The van der Waals surface area contributed by atoms with Crippen LogP contribution in [0.2, 0.25) is 0 Å². The number of para-hydroxylation sites is 1. The van der Waals surface area contributed by atoms with E-state index in [1.807, 2.05) is 18.2 Å². The number of hydrogen-bond acceptors (Lipinski definition) is 3. The molecule has 0 aliphatic rings. The van der Waals surface area contributed by atoms with E-state index in [1.54, 1.807) is 12.1 Å². The van der Waals surface area contributed by atoms with E-state index in [4.69, 9.17) is 24.4 Å². The molecule has 1 aromatic carbocycles. The van der Waals surface area contributed by atoms with Crippen LogP contribution in [0.3, 0.4) is 0 Å². The summed E-state index contributed by atoms with van der Waals surface area (Å²) in [6.07, 6.45) is 0. The van der Waals surface area contributed by atoms with Crippen molar-refractivity contribution in [1.82, 2.24) is 4.98 Å². The highest BCUT2D eigenvalue weighted by Crippen LogP contribution is 2.25. The zero-order chi connectivity index (χ0) is 13.8. The minimum absolute atomic E-state index is 0.0821. The molecule has 2 rings (SSSR count). The van der Waals surface area contributed by atoms with Gasteiger partial charge in [0.2, 0.25) is 0 Å². The van der Waals surface area contributed by atoms with Crippen LogP contribution >= 0.6 is 7.82 Å². The number of nitrogens with zero attached hydrogens (tertiary/aromatic N) is 1. The van der Waals surface area contributed by atoms with Gasteiger partial charge in [0.05, 0.1) is 5.52 Å². The number of carboxylic acids is 1. The van der Waals surface area contributed by atoms with E-state index in [-0.39, 0.29) is 5.69 Å². The van der Waals surface area contributed by atoms with E-state index in [0.29, 0.717) is 5.52 Å². The summed E-state index contributed by atoms with van der Waals surface area (Å²) in [5, 5.41) is 9.63. The molecule has 8 heteroatoms. The number of aromatic carboxylic acids is 1. The number of aromatic nitrogens is 1. The Morgan fingerprint density at radius 1 is 1.06 bits per heavy atom. The Hall–Kier alpha value is -1.79. The van der Waals surface area contributed by atoms with E-state index in [1.165, 1.54) is 6.07 Å². The Morgan fingerprint density at radius 3 is 2.17 bits per heavy atom. The fraction of sp³-hybridized carbons (Fsp3) is 0. The zero-order valence-electron chi connectivity index (χ0n) is 8.96. The van der Waals surface area contributed by atoms with Gasteiger partial charge < -0.3 is 19.8 Å². The lowest BCUT2D eigenvalue weighted by Gasteiger charge is -1.97. The maximum atomic E-state index is 10.6. The highest BCUT2D eigenvalue weighted by Gasteiger charge is 2.03. The minimum Gasteiger partial charge on any atom is -0.477 e. The second kappa shape index (κ2) is 5.70. The van der Waals surface area contributed by atoms with Gasteiger partial charge >= 0.3 is 13.8 Å². The lowest BCUT2D eigenvalue weighted by Crippen LogP contribution is -1.99. The molecule has 1 heterocycles. The Balaban J connectivity index is 0.000000280. The molecule has 7 nitrogen and oxygen atoms in total. The van der Waals surface area contributed by atoms with Gasteiger partial charge in [-0.3, -0.25) is 0 Å². The molecule has 0 unspecified atom stereocenters. The molecule has 0 aliphatic heterocycles. The largest absolute Gasteiger partial charge is 0.477 e. The molecular formula is C10H10NO6P. The van der Waals surface area contributed by atoms with Crippen molar-refractivity contribution in [2.24, 2.45) is 0 Å². The van der Waals surface area contributed by atoms with Crippen molar-refractivity contribution in [2.75, 3.05) is 0 Å². The highest BCUT2D eigenvalue weighted by molar-refractivity contribution is 7.45. The third kappa shape index (κ3) is 5.03. The van der Waals surface area contributed by atoms with Gasteiger partial charge in [-0.15, -0.1) is 0 Å². The average molecular weight is 271 g/mol. The molecule has 0 amide bonds. The Morgan fingerprint density at radius 2 is 1.61 bits per heavy atom. The monoisotopic (exact) mass is 271 g/mol. The first-order valence-corrected chi connectivity index (χ1v) is 6.21. The standard InChI is InChI=1S/C10H7NO2.H3O4P/c12-10(13)9-6-5-7-3-1-2-4-8(7)11-9;1-5(2,3)4/h1-6H,(H,12,13);(H3,1,2,3,4). The quantitative estimate of drug-likeness (QED) is 0.569. The second-order valence-corrected chi connectivity index (χ2v) is 4.23. The molecule has 18 heavy (non-hydrogen) atoms. The highest BCUT2D eigenvalue weighted by atomic mass is 31.2. The van der Waals surface area contributed by atoms with Crippen LogP contribution in [0.15, 0.2) is 36.4 Å². The van der Waals surface area contributed by atoms with Crippen LogP contribution in [-0.4, -0.2) is 30.7 Å². The summed E-state index contributed by atoms with van der Waals surface area (Å²) in [5.41, 5.74) is 0.793. The molecule has 96 valence electrons. The number of carboxylic acid groups (broad SMARTS) is 1. The third-order valence-corrected chi connectivity index (χ3v) is 1.82. The van der Waals surface area contributed by atoms with Gasteiger partial charge in [0.25, 0.3) is 0 Å². The number of benzene rings is 1. The average Bonchev–Trinajstić information content (AvgIpc) is 2.26. The van der Waals surface area contributed by atoms with Crippen LogP contribution in [-0.2, 0) is 4.57 Å². The van der Waals surface area contributed by atoms with Crippen molar-refractivity contribution < 1.29 is 29.1 Å². The van der Waals surface area contributed by atoms with Gasteiger partial charge in [0, 0.05) is 5.39 Å². The molecule has 4 N–H and O–H groups in total. The first-order chi connectivity index (χ1) is 8.27. The van der Waals surface area contributed by atoms with Gasteiger partial charge in [-0.1, -0.05) is 24.3 Å². The molecule has 0 aliphatic carbocycles. The lowest BCUT2D eigenvalue weighted by molar-refractivity contribution is 0.0691. The van der Waals surface area contributed by atoms with Crippen molar-refractivity contribution >= 4 is 24.7 Å². The molecule has 0 saturated carbocycles. The van der Waals surface area contributed by atoms with Gasteiger partial charge in [0.15, 0.2) is 0 Å². The minimum atomic E-state index is -4.64. The predicted octanol–water partition coefficient (Wildman–Crippen LogP) is 1.00. The fourth-order valence-electron chi connectivity index (χ4n) is 1.19. The number of pyridine rings is 1. The van der Waals surface area contributed by atoms with E-state index in [2.05, 4.69) is 4.98 Å². The Labute approximate surface area is 102 Å². The molecule has 0 radical (unpaired) electrons. The van der Waals surface area contributed by atoms with Crippen LogP contribution in [0.1, 0.15) is 10.5 Å². The normalized spacial score (nSPS) is 10.6. The van der Waals surface area contributed by atoms with Crippen LogP contribution < -0.4 is 0 Å². The summed E-state index contributed by atoms with van der Waals surface area (Å²) in [6.45, 7) is 0. The Kier molecular flexibility index (Phi) is 4.52. The molecule has 0 saturated heterocycles. The summed E-state index contributed by atoms with van der Waals surface area (Å²) < 4.78 is 8.88. The second-order valence-electron chi connectivity index (χ2n) is 3.21. The Bertz CT molecular complexity index is 600. The number of fused-ring (bicyclic) bond motifs is 1. The molecular weight excluding hydrogens is 261 g/mol. The van der Waals surface area contributed by atoms with Crippen molar-refractivity contribution in [2.45, 2.75) is 0 Å². The van der Waals surface area contributed by atoms with E-state index >= 15 is 0 Å². The maximum Gasteiger partial charge on any atom is 0.466 e.